The van der Waals surface area contributed by atoms with E-state index in [1.807, 2.05) is 109 Å². The third kappa shape index (κ3) is 10.2. The molecule has 6 nitrogen and oxygen atoms in total. The van der Waals surface area contributed by atoms with Gasteiger partial charge in [-0.05, 0) is 50.0 Å². The Hall–Kier alpha value is -5.33. The summed E-state index contributed by atoms with van der Waals surface area (Å²) in [6, 6.07) is 29.4. The van der Waals surface area contributed by atoms with E-state index >= 15 is 0 Å². The summed E-state index contributed by atoms with van der Waals surface area (Å²) < 4.78 is 0. The van der Waals surface area contributed by atoms with Gasteiger partial charge >= 0.3 is 0 Å². The zero-order valence-electron chi connectivity index (χ0n) is 24.1. The second kappa shape index (κ2) is 16.2. The fourth-order valence-corrected chi connectivity index (χ4v) is 4.11. The highest BCUT2D eigenvalue weighted by Gasteiger charge is 2.30. The zero-order chi connectivity index (χ0) is 30.3. The number of rotatable bonds is 5. The van der Waals surface area contributed by atoms with Gasteiger partial charge in [-0.1, -0.05) is 96.8 Å². The summed E-state index contributed by atoms with van der Waals surface area (Å²) >= 11 is 0. The Balaban J connectivity index is 0.000000249. The van der Waals surface area contributed by atoms with Gasteiger partial charge in [-0.25, -0.2) is 4.98 Å². The molecular formula is C37H36N4O2. The molecule has 2 amide bonds. The van der Waals surface area contributed by atoms with Gasteiger partial charge in [0.2, 0.25) is 11.8 Å². The molecule has 1 atom stereocenters. The van der Waals surface area contributed by atoms with Gasteiger partial charge in [0.25, 0.3) is 0 Å². The molecule has 1 aromatic heterocycles. The van der Waals surface area contributed by atoms with Crippen LogP contribution in [-0.4, -0.2) is 27.8 Å². The lowest BCUT2D eigenvalue weighted by atomic mass is 10.1. The van der Waals surface area contributed by atoms with Crippen LogP contribution in [0.25, 0.3) is 16.6 Å². The lowest BCUT2D eigenvalue weighted by Gasteiger charge is -2.10. The summed E-state index contributed by atoms with van der Waals surface area (Å²) in [4.78, 5) is 32.0. The number of carbonyl (C=O) groups is 2. The number of terminal acetylenes is 1. The molecular weight excluding hydrogens is 532 g/mol. The Morgan fingerprint density at radius 3 is 1.93 bits per heavy atom. The molecule has 0 bridgehead atoms. The van der Waals surface area contributed by atoms with Crippen LogP contribution in [0.5, 0.6) is 0 Å². The number of hydrogen-bond donors (Lipinski definition) is 3. The number of nitrogens with zero attached hydrogens (tertiary/aromatic N) is 1. The van der Waals surface area contributed by atoms with Crippen molar-refractivity contribution in [3.63, 3.8) is 0 Å². The molecule has 1 unspecified atom stereocenters. The van der Waals surface area contributed by atoms with Crippen molar-refractivity contribution in [1.82, 2.24) is 15.3 Å². The molecule has 216 valence electrons. The van der Waals surface area contributed by atoms with Crippen molar-refractivity contribution in [3.8, 4) is 24.7 Å². The predicted octanol–water partition coefficient (Wildman–Crippen LogP) is 6.78. The van der Waals surface area contributed by atoms with E-state index in [9.17, 15) is 9.59 Å². The minimum atomic E-state index is -0.277. The fraction of sp³-hybridized carbons (Fsp3) is 0.216. The Kier molecular flexibility index (Phi) is 11.5. The van der Waals surface area contributed by atoms with Crippen molar-refractivity contribution < 1.29 is 9.59 Å². The fourth-order valence-electron chi connectivity index (χ4n) is 4.11. The maximum atomic E-state index is 12.0. The molecule has 0 spiro atoms. The highest BCUT2D eigenvalue weighted by atomic mass is 16.2. The van der Waals surface area contributed by atoms with Gasteiger partial charge in [0.1, 0.15) is 11.9 Å². The Labute approximate surface area is 253 Å². The lowest BCUT2D eigenvalue weighted by molar-refractivity contribution is -0.122. The van der Waals surface area contributed by atoms with Gasteiger partial charge in [0.05, 0.1) is 11.0 Å². The normalized spacial score (nSPS) is 18.3. The second-order valence-corrected chi connectivity index (χ2v) is 10.2. The molecule has 4 aromatic rings. The summed E-state index contributed by atoms with van der Waals surface area (Å²) in [6.07, 6.45) is 18.4. The number of benzene rings is 3. The minimum Gasteiger partial charge on any atom is -0.339 e. The Morgan fingerprint density at radius 2 is 1.37 bits per heavy atom. The number of allylic oxidation sites excluding steroid dienone is 3. The third-order valence-electron chi connectivity index (χ3n) is 6.70. The van der Waals surface area contributed by atoms with Crippen LogP contribution in [0.1, 0.15) is 37.9 Å². The number of aromatic nitrogens is 2. The molecule has 3 aliphatic rings. The van der Waals surface area contributed by atoms with Crippen molar-refractivity contribution in [1.29, 1.82) is 0 Å². The first-order chi connectivity index (χ1) is 21.2. The van der Waals surface area contributed by atoms with E-state index in [0.717, 1.165) is 53.8 Å². The van der Waals surface area contributed by atoms with Gasteiger partial charge in [0, 0.05) is 29.5 Å². The molecule has 43 heavy (non-hydrogen) atoms. The number of imidazole rings is 1. The van der Waals surface area contributed by atoms with E-state index in [2.05, 4.69) is 45.3 Å². The Morgan fingerprint density at radius 1 is 0.814 bits per heavy atom. The van der Waals surface area contributed by atoms with E-state index in [1.165, 1.54) is 0 Å². The van der Waals surface area contributed by atoms with Crippen LogP contribution in [0.2, 0.25) is 0 Å². The topological polar surface area (TPSA) is 86.9 Å². The minimum absolute atomic E-state index is 0.0876. The van der Waals surface area contributed by atoms with E-state index in [0.29, 0.717) is 6.42 Å². The number of H-pyrrole nitrogens is 1. The van der Waals surface area contributed by atoms with Crippen LogP contribution in [0, 0.1) is 36.5 Å². The lowest BCUT2D eigenvalue weighted by Crippen LogP contribution is -2.33. The predicted molar refractivity (Wildman–Crippen MR) is 174 cm³/mol. The second-order valence-electron chi connectivity index (χ2n) is 10.2. The van der Waals surface area contributed by atoms with Gasteiger partial charge < -0.3 is 15.6 Å². The van der Waals surface area contributed by atoms with Gasteiger partial charge in [-0.3, -0.25) is 9.59 Å². The molecule has 0 radical (unpaired) electrons. The molecule has 0 aliphatic heterocycles. The molecule has 6 heteroatoms. The van der Waals surface area contributed by atoms with E-state index in [-0.39, 0.29) is 29.7 Å². The number of carbonyl (C=O) groups excluding carboxylic acids is 2. The van der Waals surface area contributed by atoms with Crippen molar-refractivity contribution in [3.05, 3.63) is 115 Å². The van der Waals surface area contributed by atoms with Crippen LogP contribution < -0.4 is 10.6 Å². The van der Waals surface area contributed by atoms with E-state index in [4.69, 9.17) is 0 Å². The van der Waals surface area contributed by atoms with Gasteiger partial charge in [-0.2, -0.15) is 0 Å². The number of anilines is 1. The summed E-state index contributed by atoms with van der Waals surface area (Å²) in [5.41, 5.74) is 3.42. The van der Waals surface area contributed by atoms with Crippen molar-refractivity contribution >= 4 is 34.1 Å². The molecule has 3 N–H and O–H groups in total. The average Bonchev–Trinajstić information content (AvgIpc) is 3.99. The number of amides is 2. The highest BCUT2D eigenvalue weighted by Crippen LogP contribution is 2.31. The maximum Gasteiger partial charge on any atom is 0.227 e. The van der Waals surface area contributed by atoms with Crippen LogP contribution in [0.4, 0.5) is 5.69 Å². The molecule has 3 aromatic carbocycles. The molecule has 2 fully saturated rings. The summed E-state index contributed by atoms with van der Waals surface area (Å²) in [6.45, 7) is 0. The average molecular weight is 569 g/mol. The first kappa shape index (κ1) is 30.6. The molecule has 7 rings (SSSR count). The monoisotopic (exact) mass is 568 g/mol. The van der Waals surface area contributed by atoms with Crippen molar-refractivity contribution in [2.24, 2.45) is 11.8 Å². The number of nitrogens with one attached hydrogen (secondary N) is 3. The van der Waals surface area contributed by atoms with E-state index < -0.39 is 0 Å². The van der Waals surface area contributed by atoms with Crippen molar-refractivity contribution in [2.45, 2.75) is 38.1 Å². The third-order valence-corrected chi connectivity index (χ3v) is 6.70. The largest absolute Gasteiger partial charge is 0.339 e. The van der Waals surface area contributed by atoms with Crippen LogP contribution >= 0.6 is 0 Å². The standard InChI is InChI=1S/C23H22N4O2.2C6H6.C2H2/c28-22(15-5-6-15)24-17-4-2-1-3-14(9-10-17)21-26-19-12-11-18(13-20(19)27-21)25-23(29)16-7-8-16;2*1-2-4-6-5-3-1;1-2/h3,9-13,15-17H,1,5-8H2,(H,24,28)(H,25,29)(H,26,27);2*1-6H;1-2H/b10-9-,14-3+;;;. The maximum absolute atomic E-state index is 12.0. The van der Waals surface area contributed by atoms with Gasteiger partial charge in [0.15, 0.2) is 0 Å². The van der Waals surface area contributed by atoms with Crippen LogP contribution in [0.3, 0.4) is 0 Å². The Bertz CT molecular complexity index is 1530. The number of hydrogen-bond acceptors (Lipinski definition) is 3. The quantitative estimate of drug-likeness (QED) is 0.232. The smallest absolute Gasteiger partial charge is 0.227 e. The number of fused-ring (bicyclic) bond motifs is 1. The highest BCUT2D eigenvalue weighted by molar-refractivity contribution is 5.96. The molecule has 0 saturated heterocycles. The van der Waals surface area contributed by atoms with E-state index in [1.54, 1.807) is 0 Å². The van der Waals surface area contributed by atoms with Crippen molar-refractivity contribution in [2.75, 3.05) is 5.32 Å². The van der Waals surface area contributed by atoms with Gasteiger partial charge in [-0.15, -0.1) is 12.8 Å². The first-order valence-electron chi connectivity index (χ1n) is 14.5. The first-order valence-corrected chi connectivity index (χ1v) is 14.5. The molecule has 1 heterocycles. The number of aromatic amines is 1. The van der Waals surface area contributed by atoms with Crippen LogP contribution in [0.15, 0.2) is 109 Å². The molecule has 2 saturated carbocycles. The van der Waals surface area contributed by atoms with Crippen LogP contribution in [-0.2, 0) is 9.59 Å². The summed E-state index contributed by atoms with van der Waals surface area (Å²) in [5.74, 6) is 7.45. The SMILES string of the molecule is C#C.O=C(Nc1ccc2nc(C3=C/CC#CC(NC(=O)C4CC4)/C=C\3)[nH]c2c1)C1CC1.c1ccccc1.c1ccccc1. The summed E-state index contributed by atoms with van der Waals surface area (Å²) in [7, 11) is 0. The molecule has 3 aliphatic carbocycles. The zero-order valence-corrected chi connectivity index (χ0v) is 24.1. The summed E-state index contributed by atoms with van der Waals surface area (Å²) in [5, 5.41) is 5.96.